The zero-order chi connectivity index (χ0) is 24.7. The van der Waals surface area contributed by atoms with Gasteiger partial charge in [-0.05, 0) is 30.3 Å². The zero-order valence-electron chi connectivity index (χ0n) is 20.4. The predicted molar refractivity (Wildman–Crippen MR) is 143 cm³/mol. The van der Waals surface area contributed by atoms with Gasteiger partial charge in [0.25, 0.3) is 0 Å². The van der Waals surface area contributed by atoms with Crippen LogP contribution in [0.25, 0.3) is 20.9 Å². The highest BCUT2D eigenvalue weighted by Crippen LogP contribution is 2.22. The third-order valence-corrected chi connectivity index (χ3v) is 7.73. The minimum Gasteiger partial charge on any atom is -0.465 e. The van der Waals surface area contributed by atoms with E-state index in [0.717, 1.165) is 38.5 Å². The molecule has 0 radical (unpaired) electrons. The molecule has 0 heterocycles. The van der Waals surface area contributed by atoms with Crippen molar-refractivity contribution in [2.45, 2.75) is 132 Å². The molecule has 0 aliphatic heterocycles. The first-order chi connectivity index (χ1) is 16.0. The van der Waals surface area contributed by atoms with Gasteiger partial charge in [-0.2, -0.15) is 0 Å². The van der Waals surface area contributed by atoms with Crippen molar-refractivity contribution in [2.24, 2.45) is 10.2 Å². The molecule has 0 rings (SSSR count). The van der Waals surface area contributed by atoms with Gasteiger partial charge in [-0.25, -0.2) is 0 Å². The number of carbonyl (C=O) groups is 1. The number of unbranched alkanes of at least 4 members (excludes halogenated alkanes) is 10. The molecule has 0 amide bonds. The summed E-state index contributed by atoms with van der Waals surface area (Å²) >= 11 is 7.11. The lowest BCUT2D eigenvalue weighted by molar-refractivity contribution is -0.145. The maximum atomic E-state index is 12.5. The van der Waals surface area contributed by atoms with E-state index in [1.165, 1.54) is 51.4 Å². The number of hydrogen-bond acceptors (Lipinski definition) is 4. The summed E-state index contributed by atoms with van der Waals surface area (Å²) in [5.74, 6) is -0.517. The molecule has 4 atom stereocenters. The minimum atomic E-state index is -0.879. The molecular formula is C23H42Br2N6O2. The smallest absolute Gasteiger partial charge is 0.316 e. The Morgan fingerprint density at radius 3 is 1.82 bits per heavy atom. The lowest BCUT2D eigenvalue weighted by Gasteiger charge is -2.20. The molecule has 33 heavy (non-hydrogen) atoms. The van der Waals surface area contributed by atoms with E-state index in [1.807, 2.05) is 0 Å². The molecule has 0 bridgehead atoms. The normalized spacial score (nSPS) is 14.4. The van der Waals surface area contributed by atoms with Crippen molar-refractivity contribution in [3.63, 3.8) is 0 Å². The van der Waals surface area contributed by atoms with Crippen molar-refractivity contribution >= 4 is 37.8 Å². The van der Waals surface area contributed by atoms with Gasteiger partial charge in [0, 0.05) is 19.5 Å². The van der Waals surface area contributed by atoms with Gasteiger partial charge in [0.05, 0.1) is 12.6 Å². The average Bonchev–Trinajstić information content (AvgIpc) is 2.80. The SMILES string of the molecule is CCCCCCCCC(Br)C(N=[N+]=[N-])C(=O)OCCC(Br)C(CCCCCCCC)N=[N+]=[N-]. The molecular weight excluding hydrogens is 552 g/mol. The molecule has 0 fully saturated rings. The second kappa shape index (κ2) is 22.8. The Balaban J connectivity index is 4.41. The van der Waals surface area contributed by atoms with E-state index >= 15 is 0 Å². The second-order valence-electron chi connectivity index (χ2n) is 8.52. The van der Waals surface area contributed by atoms with Crippen LogP contribution in [0.1, 0.15) is 110 Å². The lowest BCUT2D eigenvalue weighted by atomic mass is 10.0. The van der Waals surface area contributed by atoms with Gasteiger partial charge in [-0.3, -0.25) is 4.79 Å². The number of rotatable bonds is 22. The number of carbonyl (C=O) groups excluding carboxylic acids is 1. The largest absolute Gasteiger partial charge is 0.465 e. The molecule has 4 unspecified atom stereocenters. The van der Waals surface area contributed by atoms with E-state index in [4.69, 9.17) is 15.8 Å². The fraction of sp³-hybridized carbons (Fsp3) is 0.957. The highest BCUT2D eigenvalue weighted by atomic mass is 79.9. The van der Waals surface area contributed by atoms with Gasteiger partial charge >= 0.3 is 5.97 Å². The van der Waals surface area contributed by atoms with E-state index in [1.54, 1.807) is 0 Å². The third kappa shape index (κ3) is 17.2. The molecule has 0 N–H and O–H groups in total. The summed E-state index contributed by atoms with van der Waals surface area (Å²) in [5.41, 5.74) is 17.8. The Labute approximate surface area is 216 Å². The zero-order valence-corrected chi connectivity index (χ0v) is 23.6. The van der Waals surface area contributed by atoms with Crippen LogP contribution in [0.15, 0.2) is 10.2 Å². The summed E-state index contributed by atoms with van der Waals surface area (Å²) in [4.78, 5) is 18.0. The number of alkyl halides is 2. The Morgan fingerprint density at radius 2 is 1.27 bits per heavy atom. The summed E-state index contributed by atoms with van der Waals surface area (Å²) in [6.45, 7) is 4.56. The quantitative estimate of drug-likeness (QED) is 0.0309. The van der Waals surface area contributed by atoms with Crippen LogP contribution >= 0.6 is 31.9 Å². The van der Waals surface area contributed by atoms with Gasteiger partial charge in [0.2, 0.25) is 0 Å². The van der Waals surface area contributed by atoms with Crippen molar-refractivity contribution in [1.82, 2.24) is 0 Å². The standard InChI is InChI=1S/C23H42Br2N6O2/c1-3-5-7-9-11-13-15-20(25)22(29-31-27)23(32)33-18-17-19(24)21(28-30-26)16-14-12-10-8-6-4-2/h19-22H,3-18H2,1-2H3. The van der Waals surface area contributed by atoms with E-state index in [9.17, 15) is 4.79 Å². The highest BCUT2D eigenvalue weighted by Gasteiger charge is 2.27. The lowest BCUT2D eigenvalue weighted by Crippen LogP contribution is -2.31. The van der Waals surface area contributed by atoms with Crippen molar-refractivity contribution in [3.05, 3.63) is 20.9 Å². The molecule has 0 spiro atoms. The first-order valence-electron chi connectivity index (χ1n) is 12.5. The predicted octanol–water partition coefficient (Wildman–Crippen LogP) is 9.31. The molecule has 0 aromatic rings. The number of ether oxygens (including phenoxy) is 1. The Morgan fingerprint density at radius 1 is 0.758 bits per heavy atom. The molecule has 0 aliphatic carbocycles. The van der Waals surface area contributed by atoms with Crippen molar-refractivity contribution in [3.8, 4) is 0 Å². The number of nitrogens with zero attached hydrogens (tertiary/aromatic N) is 6. The van der Waals surface area contributed by atoms with Crippen LogP contribution in [0.2, 0.25) is 0 Å². The maximum absolute atomic E-state index is 12.5. The van der Waals surface area contributed by atoms with Gasteiger partial charge < -0.3 is 4.74 Å². The maximum Gasteiger partial charge on any atom is 0.316 e. The summed E-state index contributed by atoms with van der Waals surface area (Å²) < 4.78 is 5.41. The summed E-state index contributed by atoms with van der Waals surface area (Å²) in [7, 11) is 0. The van der Waals surface area contributed by atoms with E-state index in [-0.39, 0.29) is 22.3 Å². The molecule has 10 heteroatoms. The van der Waals surface area contributed by atoms with Crippen LogP contribution in [0.3, 0.4) is 0 Å². The summed E-state index contributed by atoms with van der Waals surface area (Å²) in [6.07, 6.45) is 16.1. The number of halogens is 2. The fourth-order valence-corrected chi connectivity index (χ4v) is 4.86. The van der Waals surface area contributed by atoms with Crippen molar-refractivity contribution in [1.29, 1.82) is 0 Å². The Hall–Kier alpha value is -0.950. The molecule has 0 saturated carbocycles. The molecule has 190 valence electrons. The van der Waals surface area contributed by atoms with Gasteiger partial charge in [-0.15, -0.1) is 0 Å². The van der Waals surface area contributed by atoms with E-state index < -0.39 is 12.0 Å². The van der Waals surface area contributed by atoms with Gasteiger partial charge in [0.1, 0.15) is 6.04 Å². The van der Waals surface area contributed by atoms with Crippen molar-refractivity contribution in [2.75, 3.05) is 6.61 Å². The van der Waals surface area contributed by atoms with Crippen molar-refractivity contribution < 1.29 is 9.53 Å². The fourth-order valence-electron chi connectivity index (χ4n) is 3.66. The molecule has 0 aliphatic rings. The van der Waals surface area contributed by atoms with Crippen LogP contribution in [0.4, 0.5) is 0 Å². The Kier molecular flexibility index (Phi) is 22.2. The molecule has 0 saturated heterocycles. The summed E-state index contributed by atoms with van der Waals surface area (Å²) in [6, 6.07) is -1.06. The second-order valence-corrected chi connectivity index (χ2v) is 10.9. The summed E-state index contributed by atoms with van der Waals surface area (Å²) in [5, 5.41) is 7.59. The highest BCUT2D eigenvalue weighted by molar-refractivity contribution is 9.09. The van der Waals surface area contributed by atoms with Gasteiger partial charge in [0.15, 0.2) is 0 Å². The Bertz CT molecular complexity index is 598. The van der Waals surface area contributed by atoms with E-state index in [0.29, 0.717) is 6.42 Å². The monoisotopic (exact) mass is 592 g/mol. The number of hydrogen-bond donors (Lipinski definition) is 0. The molecule has 8 nitrogen and oxygen atoms in total. The van der Waals surface area contributed by atoms with Crippen LogP contribution in [-0.2, 0) is 9.53 Å². The molecule has 0 aromatic heterocycles. The topological polar surface area (TPSA) is 124 Å². The number of azide groups is 2. The van der Waals surface area contributed by atoms with Crippen LogP contribution in [0, 0.1) is 0 Å². The third-order valence-electron chi connectivity index (χ3n) is 5.70. The van der Waals surface area contributed by atoms with E-state index in [2.05, 4.69) is 65.8 Å². The van der Waals surface area contributed by atoms with Crippen LogP contribution in [0.5, 0.6) is 0 Å². The van der Waals surface area contributed by atoms with Gasteiger partial charge in [-0.1, -0.05) is 133 Å². The van der Waals surface area contributed by atoms with Crippen LogP contribution < -0.4 is 0 Å². The molecule has 0 aromatic carbocycles. The van der Waals surface area contributed by atoms with Crippen LogP contribution in [-0.4, -0.2) is 34.3 Å². The first-order valence-corrected chi connectivity index (χ1v) is 14.4. The first kappa shape index (κ1) is 32.0. The average molecular weight is 594 g/mol. The minimum absolute atomic E-state index is 0.0716. The number of esters is 1.